The van der Waals surface area contributed by atoms with Gasteiger partial charge in [0.1, 0.15) is 6.04 Å². The van der Waals surface area contributed by atoms with E-state index in [9.17, 15) is 0 Å². The summed E-state index contributed by atoms with van der Waals surface area (Å²) in [5.41, 5.74) is 8.05. The van der Waals surface area contributed by atoms with Gasteiger partial charge in [-0.3, -0.25) is 4.99 Å². The van der Waals surface area contributed by atoms with E-state index in [-0.39, 0.29) is 6.04 Å². The van der Waals surface area contributed by atoms with E-state index in [1.54, 1.807) is 0 Å². The molecule has 3 heteroatoms. The summed E-state index contributed by atoms with van der Waals surface area (Å²) in [6.07, 6.45) is 3.08. The average Bonchev–Trinajstić information content (AvgIpc) is 3.21. The fraction of sp³-hybridized carbons (Fsp3) is 0.286. The highest BCUT2D eigenvalue weighted by molar-refractivity contribution is 6.08. The molecule has 0 aromatic heterocycles. The highest BCUT2D eigenvalue weighted by Gasteiger charge is 2.24. The van der Waals surface area contributed by atoms with Crippen LogP contribution in [-0.4, -0.2) is 5.71 Å². The van der Waals surface area contributed by atoms with Gasteiger partial charge in [0.25, 0.3) is 0 Å². The quantitative estimate of drug-likeness (QED) is 0.664. The SMILES string of the molecule is Cc1ccccc1C1=CCC(c2ccc3c(c2)N=NC3C(C)C)=N1. The number of allylic oxidation sites excluding steroid dienone is 1. The number of aliphatic imine (C=N–C) groups is 1. The Hall–Kier alpha value is -2.55. The van der Waals surface area contributed by atoms with Gasteiger partial charge in [-0.1, -0.05) is 56.3 Å². The summed E-state index contributed by atoms with van der Waals surface area (Å²) in [6, 6.07) is 15.1. The summed E-state index contributed by atoms with van der Waals surface area (Å²) in [5, 5.41) is 8.80. The highest BCUT2D eigenvalue weighted by Crippen LogP contribution is 2.40. The number of nitrogens with zero attached hydrogens (tertiary/aromatic N) is 3. The number of benzene rings is 2. The molecule has 120 valence electrons. The van der Waals surface area contributed by atoms with Crippen LogP contribution in [0.5, 0.6) is 0 Å². The minimum atomic E-state index is 0.195. The first kappa shape index (κ1) is 15.0. The molecule has 0 saturated carbocycles. The molecule has 2 heterocycles. The molecule has 0 bridgehead atoms. The lowest BCUT2D eigenvalue weighted by Gasteiger charge is -2.12. The van der Waals surface area contributed by atoms with Gasteiger partial charge in [-0.25, -0.2) is 0 Å². The average molecular weight is 315 g/mol. The molecule has 0 aliphatic carbocycles. The first-order valence-corrected chi connectivity index (χ1v) is 8.52. The number of rotatable bonds is 3. The Morgan fingerprint density at radius 3 is 2.71 bits per heavy atom. The van der Waals surface area contributed by atoms with Gasteiger partial charge in [-0.2, -0.15) is 10.2 Å². The summed E-state index contributed by atoms with van der Waals surface area (Å²) in [4.78, 5) is 4.87. The van der Waals surface area contributed by atoms with Crippen molar-refractivity contribution in [2.75, 3.05) is 0 Å². The van der Waals surface area contributed by atoms with Crippen molar-refractivity contribution in [2.45, 2.75) is 33.2 Å². The Labute approximate surface area is 142 Å². The van der Waals surface area contributed by atoms with Crippen molar-refractivity contribution in [3.05, 3.63) is 70.8 Å². The molecule has 24 heavy (non-hydrogen) atoms. The van der Waals surface area contributed by atoms with Gasteiger partial charge in [0.05, 0.1) is 17.1 Å². The number of hydrogen-bond acceptors (Lipinski definition) is 3. The van der Waals surface area contributed by atoms with Crippen LogP contribution >= 0.6 is 0 Å². The standard InChI is InChI=1S/C21H21N3/c1-13(2)21-17-9-8-15(12-20(17)23-24-21)18-10-11-19(22-18)16-7-5-4-6-14(16)3/h4-9,11-13,21H,10H2,1-3H3. The second-order valence-electron chi connectivity index (χ2n) is 6.84. The lowest BCUT2D eigenvalue weighted by atomic mass is 9.94. The zero-order chi connectivity index (χ0) is 16.7. The third-order valence-corrected chi connectivity index (χ3v) is 4.77. The van der Waals surface area contributed by atoms with Crippen molar-refractivity contribution < 1.29 is 0 Å². The normalized spacial score (nSPS) is 18.8. The Bertz CT molecular complexity index is 888. The molecule has 4 rings (SSSR count). The maximum atomic E-state index is 4.87. The summed E-state index contributed by atoms with van der Waals surface area (Å²) >= 11 is 0. The van der Waals surface area contributed by atoms with Crippen LogP contribution in [0, 0.1) is 12.8 Å². The topological polar surface area (TPSA) is 37.1 Å². The molecule has 0 radical (unpaired) electrons. The lowest BCUT2D eigenvalue weighted by molar-refractivity contribution is 0.515. The van der Waals surface area contributed by atoms with Gasteiger partial charge in [0, 0.05) is 17.5 Å². The van der Waals surface area contributed by atoms with Crippen LogP contribution in [0.4, 0.5) is 5.69 Å². The van der Waals surface area contributed by atoms with Crippen LogP contribution in [0.2, 0.25) is 0 Å². The van der Waals surface area contributed by atoms with Gasteiger partial charge < -0.3 is 0 Å². The van der Waals surface area contributed by atoms with E-state index in [1.807, 2.05) is 0 Å². The molecule has 2 aromatic rings. The van der Waals surface area contributed by atoms with Crippen LogP contribution in [0.15, 0.2) is 63.8 Å². The Kier molecular flexibility index (Phi) is 3.64. The van der Waals surface area contributed by atoms with Crippen LogP contribution in [0.1, 0.15) is 48.6 Å². The summed E-state index contributed by atoms with van der Waals surface area (Å²) in [6.45, 7) is 6.50. The number of aryl methyl sites for hydroxylation is 1. The van der Waals surface area contributed by atoms with Crippen molar-refractivity contribution in [2.24, 2.45) is 21.1 Å². The zero-order valence-corrected chi connectivity index (χ0v) is 14.3. The second kappa shape index (κ2) is 5.82. The molecule has 0 spiro atoms. The Morgan fingerprint density at radius 2 is 1.92 bits per heavy atom. The van der Waals surface area contributed by atoms with Crippen molar-refractivity contribution in [3.63, 3.8) is 0 Å². The minimum Gasteiger partial charge on any atom is -0.252 e. The smallest absolute Gasteiger partial charge is 0.101 e. The molecule has 1 unspecified atom stereocenters. The first-order valence-electron chi connectivity index (χ1n) is 8.52. The van der Waals surface area contributed by atoms with Gasteiger partial charge in [0.15, 0.2) is 0 Å². The highest BCUT2D eigenvalue weighted by atomic mass is 15.2. The summed E-state index contributed by atoms with van der Waals surface area (Å²) in [7, 11) is 0. The molecule has 0 saturated heterocycles. The van der Waals surface area contributed by atoms with E-state index in [2.05, 4.69) is 79.5 Å². The molecule has 1 atom stereocenters. The predicted octanol–water partition coefficient (Wildman–Crippen LogP) is 6.02. The zero-order valence-electron chi connectivity index (χ0n) is 14.3. The summed E-state index contributed by atoms with van der Waals surface area (Å²) in [5.74, 6) is 0.471. The van der Waals surface area contributed by atoms with Crippen molar-refractivity contribution in [3.8, 4) is 0 Å². The third-order valence-electron chi connectivity index (χ3n) is 4.77. The van der Waals surface area contributed by atoms with Crippen LogP contribution in [-0.2, 0) is 0 Å². The van der Waals surface area contributed by atoms with Gasteiger partial charge >= 0.3 is 0 Å². The molecule has 3 nitrogen and oxygen atoms in total. The molecule has 2 aliphatic rings. The van der Waals surface area contributed by atoms with E-state index in [0.717, 1.165) is 29.1 Å². The van der Waals surface area contributed by atoms with Crippen molar-refractivity contribution in [1.29, 1.82) is 0 Å². The minimum absolute atomic E-state index is 0.195. The van der Waals surface area contributed by atoms with Crippen LogP contribution < -0.4 is 0 Å². The second-order valence-corrected chi connectivity index (χ2v) is 6.84. The molecular formula is C21H21N3. The Morgan fingerprint density at radius 1 is 1.08 bits per heavy atom. The Balaban J connectivity index is 1.64. The van der Waals surface area contributed by atoms with Crippen molar-refractivity contribution >= 4 is 17.1 Å². The third kappa shape index (κ3) is 2.50. The maximum absolute atomic E-state index is 4.87. The summed E-state index contributed by atoms with van der Waals surface area (Å²) < 4.78 is 0. The fourth-order valence-corrected chi connectivity index (χ4v) is 3.38. The van der Waals surface area contributed by atoms with E-state index in [0.29, 0.717) is 5.92 Å². The van der Waals surface area contributed by atoms with Crippen LogP contribution in [0.25, 0.3) is 5.70 Å². The number of fused-ring (bicyclic) bond motifs is 1. The van der Waals surface area contributed by atoms with Crippen molar-refractivity contribution in [1.82, 2.24) is 0 Å². The van der Waals surface area contributed by atoms with E-state index in [1.165, 1.54) is 16.7 Å². The van der Waals surface area contributed by atoms with E-state index >= 15 is 0 Å². The molecule has 2 aromatic carbocycles. The number of hydrogen-bond donors (Lipinski definition) is 0. The van der Waals surface area contributed by atoms with Gasteiger partial charge in [-0.15, -0.1) is 0 Å². The molecule has 0 fully saturated rings. The lowest BCUT2D eigenvalue weighted by Crippen LogP contribution is -2.02. The molecule has 2 aliphatic heterocycles. The van der Waals surface area contributed by atoms with Gasteiger partial charge in [-0.05, 0) is 30.0 Å². The molecule has 0 N–H and O–H groups in total. The molecule has 0 amide bonds. The number of azo groups is 1. The maximum Gasteiger partial charge on any atom is 0.101 e. The monoisotopic (exact) mass is 315 g/mol. The molecular weight excluding hydrogens is 294 g/mol. The van der Waals surface area contributed by atoms with E-state index < -0.39 is 0 Å². The van der Waals surface area contributed by atoms with Crippen LogP contribution in [0.3, 0.4) is 0 Å². The van der Waals surface area contributed by atoms with Gasteiger partial charge in [0.2, 0.25) is 0 Å². The van der Waals surface area contributed by atoms with E-state index in [4.69, 9.17) is 4.99 Å². The predicted molar refractivity (Wildman–Crippen MR) is 98.8 cm³/mol. The first-order chi connectivity index (χ1) is 11.6. The fourth-order valence-electron chi connectivity index (χ4n) is 3.38. The largest absolute Gasteiger partial charge is 0.252 e.